The number of fused-ring (bicyclic) bond motifs is 1. The molecule has 0 unspecified atom stereocenters. The smallest absolute Gasteiger partial charge is 0.263 e. The van der Waals surface area contributed by atoms with E-state index in [1.54, 1.807) is 37.4 Å². The maximum atomic E-state index is 13.6. The third-order valence-corrected chi connectivity index (χ3v) is 8.02. The third-order valence-electron chi connectivity index (χ3n) is 6.18. The van der Waals surface area contributed by atoms with Gasteiger partial charge in [-0.05, 0) is 66.7 Å². The fraction of sp³-hybridized carbons (Fsp3) is 0.0667. The molecule has 0 saturated heterocycles. The number of carbonyl (C=O) groups is 1. The molecule has 0 saturated carbocycles. The predicted molar refractivity (Wildman–Crippen MR) is 157 cm³/mol. The summed E-state index contributed by atoms with van der Waals surface area (Å²) in [6.07, 6.45) is 0. The number of rotatable bonds is 8. The highest BCUT2D eigenvalue weighted by Gasteiger charge is 2.22. The number of halogens is 1. The highest BCUT2D eigenvalue weighted by Crippen LogP contribution is 2.31. The first-order chi connectivity index (χ1) is 19.3. The number of pyridine rings is 1. The van der Waals surface area contributed by atoms with Gasteiger partial charge < -0.3 is 14.8 Å². The largest absolute Gasteiger partial charge is 0.497 e. The first kappa shape index (κ1) is 27.0. The molecule has 0 aliphatic carbocycles. The van der Waals surface area contributed by atoms with Crippen LogP contribution in [0.5, 0.6) is 11.5 Å². The van der Waals surface area contributed by atoms with E-state index in [4.69, 9.17) is 26.1 Å². The Morgan fingerprint density at radius 2 is 1.57 bits per heavy atom. The fourth-order valence-corrected chi connectivity index (χ4v) is 5.78. The molecule has 202 valence electrons. The van der Waals surface area contributed by atoms with Gasteiger partial charge in [0.1, 0.15) is 16.4 Å². The van der Waals surface area contributed by atoms with Crippen LogP contribution in [0.4, 0.5) is 11.4 Å². The second-order valence-corrected chi connectivity index (χ2v) is 10.8. The zero-order chi connectivity index (χ0) is 28.3. The Hall–Kier alpha value is -4.60. The van der Waals surface area contributed by atoms with Gasteiger partial charge in [0, 0.05) is 16.6 Å². The molecule has 0 bridgehead atoms. The number of nitrogens with zero attached hydrogens (tertiary/aromatic N) is 1. The van der Waals surface area contributed by atoms with Crippen molar-refractivity contribution < 1.29 is 22.7 Å². The lowest BCUT2D eigenvalue weighted by atomic mass is 10.0. The lowest BCUT2D eigenvalue weighted by Gasteiger charge is -2.14. The lowest BCUT2D eigenvalue weighted by Crippen LogP contribution is -2.16. The highest BCUT2D eigenvalue weighted by atomic mass is 35.5. The standard InChI is InChI=1S/C30H24ClN3O5S/c1-38-21-14-11-19(12-15-21)27-18-23(22-7-3-4-8-25(22)33-27)30(35)32-20-13-16-24(31)29(17-20)40(36,37)34-26-9-5-6-10-28(26)39-2/h3-18,34H,1-2H3,(H,32,35). The topological polar surface area (TPSA) is 107 Å². The molecule has 4 aromatic carbocycles. The minimum Gasteiger partial charge on any atom is -0.497 e. The number of benzene rings is 4. The molecule has 0 aliphatic rings. The molecule has 2 N–H and O–H groups in total. The number of sulfonamides is 1. The molecule has 0 spiro atoms. The van der Waals surface area contributed by atoms with Gasteiger partial charge in [0.15, 0.2) is 0 Å². The van der Waals surface area contributed by atoms with Crippen LogP contribution in [-0.4, -0.2) is 33.5 Å². The van der Waals surface area contributed by atoms with E-state index in [1.807, 2.05) is 48.5 Å². The van der Waals surface area contributed by atoms with Crippen LogP contribution in [0.3, 0.4) is 0 Å². The van der Waals surface area contributed by atoms with E-state index in [0.29, 0.717) is 33.7 Å². The molecule has 8 nitrogen and oxygen atoms in total. The minimum absolute atomic E-state index is 0.00319. The summed E-state index contributed by atoms with van der Waals surface area (Å²) in [6.45, 7) is 0. The van der Waals surface area contributed by atoms with Crippen molar-refractivity contribution in [3.8, 4) is 22.8 Å². The van der Waals surface area contributed by atoms with Crippen LogP contribution in [0, 0.1) is 0 Å². The molecular weight excluding hydrogens is 550 g/mol. The van der Waals surface area contributed by atoms with Gasteiger partial charge in [-0.25, -0.2) is 13.4 Å². The minimum atomic E-state index is -4.12. The Bertz CT molecular complexity index is 1830. The number of anilines is 2. The number of hydrogen-bond acceptors (Lipinski definition) is 6. The van der Waals surface area contributed by atoms with Crippen LogP contribution < -0.4 is 19.5 Å². The first-order valence-electron chi connectivity index (χ1n) is 12.1. The Labute approximate surface area is 236 Å². The first-order valence-corrected chi connectivity index (χ1v) is 14.0. The number of amides is 1. The normalized spacial score (nSPS) is 11.2. The quantitative estimate of drug-likeness (QED) is 0.216. The van der Waals surface area contributed by atoms with Crippen LogP contribution >= 0.6 is 11.6 Å². The van der Waals surface area contributed by atoms with Crippen molar-refractivity contribution in [3.05, 3.63) is 108 Å². The molecule has 5 aromatic rings. The molecule has 1 amide bonds. The maximum Gasteiger partial charge on any atom is 0.263 e. The summed E-state index contributed by atoms with van der Waals surface area (Å²) >= 11 is 6.28. The Morgan fingerprint density at radius 1 is 0.850 bits per heavy atom. The van der Waals surface area contributed by atoms with Gasteiger partial charge >= 0.3 is 0 Å². The molecule has 0 fully saturated rings. The predicted octanol–water partition coefficient (Wildman–Crippen LogP) is 6.63. The number of aromatic nitrogens is 1. The summed E-state index contributed by atoms with van der Waals surface area (Å²) in [7, 11) is -1.08. The molecule has 0 aliphatic heterocycles. The number of methoxy groups -OCH3 is 2. The second-order valence-electron chi connectivity index (χ2n) is 8.71. The van der Waals surface area contributed by atoms with Crippen LogP contribution in [0.2, 0.25) is 5.02 Å². The van der Waals surface area contributed by atoms with Crippen molar-refractivity contribution in [3.63, 3.8) is 0 Å². The lowest BCUT2D eigenvalue weighted by molar-refractivity contribution is 0.102. The van der Waals surface area contributed by atoms with Gasteiger partial charge in [0.2, 0.25) is 0 Å². The molecule has 40 heavy (non-hydrogen) atoms. The van der Waals surface area contributed by atoms with E-state index in [2.05, 4.69) is 10.0 Å². The molecule has 0 atom stereocenters. The van der Waals surface area contributed by atoms with Gasteiger partial charge in [-0.2, -0.15) is 0 Å². The van der Waals surface area contributed by atoms with E-state index in [0.717, 1.165) is 5.56 Å². The number of nitrogens with one attached hydrogen (secondary N) is 2. The second kappa shape index (κ2) is 11.3. The maximum absolute atomic E-state index is 13.6. The van der Waals surface area contributed by atoms with Crippen molar-refractivity contribution in [2.45, 2.75) is 4.90 Å². The van der Waals surface area contributed by atoms with Crippen LogP contribution in [0.25, 0.3) is 22.2 Å². The summed E-state index contributed by atoms with van der Waals surface area (Å²) in [5, 5.41) is 3.46. The summed E-state index contributed by atoms with van der Waals surface area (Å²) in [4.78, 5) is 18.1. The average Bonchev–Trinajstić information content (AvgIpc) is 2.97. The van der Waals surface area contributed by atoms with Gasteiger partial charge in [0.25, 0.3) is 15.9 Å². The molecule has 10 heteroatoms. The number of carbonyl (C=O) groups excluding carboxylic acids is 1. The van der Waals surface area contributed by atoms with Gasteiger partial charge in [-0.3, -0.25) is 9.52 Å². The van der Waals surface area contributed by atoms with E-state index < -0.39 is 15.9 Å². The summed E-state index contributed by atoms with van der Waals surface area (Å²) in [5.74, 6) is 0.622. The van der Waals surface area contributed by atoms with E-state index in [1.165, 1.54) is 25.3 Å². The molecular formula is C30H24ClN3O5S. The van der Waals surface area contributed by atoms with Gasteiger partial charge in [0.05, 0.1) is 41.7 Å². The van der Waals surface area contributed by atoms with Crippen molar-refractivity contribution >= 4 is 49.8 Å². The van der Waals surface area contributed by atoms with E-state index in [-0.39, 0.29) is 21.3 Å². The zero-order valence-electron chi connectivity index (χ0n) is 21.5. The van der Waals surface area contributed by atoms with Crippen LogP contribution in [0.1, 0.15) is 10.4 Å². The summed E-state index contributed by atoms with van der Waals surface area (Å²) < 4.78 is 39.5. The van der Waals surface area contributed by atoms with Gasteiger partial charge in [-0.15, -0.1) is 0 Å². The van der Waals surface area contributed by atoms with Crippen LogP contribution in [-0.2, 0) is 10.0 Å². The Kier molecular flexibility index (Phi) is 7.59. The fourth-order valence-electron chi connectivity index (χ4n) is 4.19. The third kappa shape index (κ3) is 5.56. The number of para-hydroxylation sites is 3. The van der Waals surface area contributed by atoms with E-state index in [9.17, 15) is 13.2 Å². The molecule has 0 radical (unpaired) electrons. The number of hydrogen-bond donors (Lipinski definition) is 2. The SMILES string of the molecule is COc1ccc(-c2cc(C(=O)Nc3ccc(Cl)c(S(=O)(=O)Nc4ccccc4OC)c3)c3ccccc3n2)cc1. The summed E-state index contributed by atoms with van der Waals surface area (Å²) in [5.41, 5.74) is 2.94. The Balaban J connectivity index is 1.48. The average molecular weight is 574 g/mol. The van der Waals surface area contributed by atoms with Crippen molar-refractivity contribution in [2.24, 2.45) is 0 Å². The summed E-state index contributed by atoms with van der Waals surface area (Å²) in [6, 6.07) is 27.3. The van der Waals surface area contributed by atoms with Crippen molar-refractivity contribution in [1.82, 2.24) is 4.98 Å². The zero-order valence-corrected chi connectivity index (χ0v) is 23.1. The van der Waals surface area contributed by atoms with Crippen molar-refractivity contribution in [2.75, 3.05) is 24.3 Å². The van der Waals surface area contributed by atoms with E-state index >= 15 is 0 Å². The Morgan fingerprint density at radius 3 is 2.33 bits per heavy atom. The molecule has 5 rings (SSSR count). The molecule has 1 aromatic heterocycles. The van der Waals surface area contributed by atoms with Crippen LogP contribution in [0.15, 0.2) is 102 Å². The number of ether oxygens (including phenoxy) is 2. The monoisotopic (exact) mass is 573 g/mol. The highest BCUT2D eigenvalue weighted by molar-refractivity contribution is 7.92. The van der Waals surface area contributed by atoms with Gasteiger partial charge in [-0.1, -0.05) is 41.9 Å². The molecule has 1 heterocycles. The van der Waals surface area contributed by atoms with Crippen molar-refractivity contribution in [1.29, 1.82) is 0 Å².